The van der Waals surface area contributed by atoms with E-state index in [9.17, 15) is 9.18 Å². The Morgan fingerprint density at radius 2 is 1.90 bits per heavy atom. The molecule has 2 aromatic rings. The van der Waals surface area contributed by atoms with E-state index in [2.05, 4.69) is 5.32 Å². The quantitative estimate of drug-likeness (QED) is 0.920. The van der Waals surface area contributed by atoms with E-state index in [1.807, 2.05) is 0 Å². The molecule has 2 rings (SSSR count). The second-order valence-corrected chi connectivity index (χ2v) is 4.38. The monoisotopic (exact) mass is 289 g/mol. The van der Waals surface area contributed by atoms with Crippen LogP contribution in [0, 0.1) is 5.82 Å². The molecule has 0 aromatic heterocycles. The minimum Gasteiger partial charge on any atom is -0.497 e. The zero-order valence-electron chi connectivity index (χ0n) is 11.9. The molecule has 0 bridgehead atoms. The molecule has 4 nitrogen and oxygen atoms in total. The van der Waals surface area contributed by atoms with Crippen LogP contribution in [0.4, 0.5) is 10.1 Å². The Hall–Kier alpha value is -2.56. The molecule has 5 heteroatoms. The molecule has 2 aromatic carbocycles. The minimum absolute atomic E-state index is 0.0848. The third-order valence-electron chi connectivity index (χ3n) is 2.99. The summed E-state index contributed by atoms with van der Waals surface area (Å²) in [6.07, 6.45) is 0.0848. The summed E-state index contributed by atoms with van der Waals surface area (Å²) in [5, 5.41) is 2.54. The fourth-order valence-electron chi connectivity index (χ4n) is 1.93. The van der Waals surface area contributed by atoms with Crippen molar-refractivity contribution in [3.8, 4) is 11.5 Å². The standard InChI is InChI=1S/C16H16FNO3/c1-20-12-8-7-11(15(10-12)21-2)9-16(19)18-14-6-4-3-5-13(14)17/h3-8,10H,9H2,1-2H3,(H,18,19). The largest absolute Gasteiger partial charge is 0.497 e. The Bertz CT molecular complexity index is 643. The molecule has 0 spiro atoms. The third kappa shape index (κ3) is 3.72. The fourth-order valence-corrected chi connectivity index (χ4v) is 1.93. The lowest BCUT2D eigenvalue weighted by Crippen LogP contribution is -2.15. The second-order valence-electron chi connectivity index (χ2n) is 4.38. The molecule has 0 aliphatic heterocycles. The Labute approximate surface area is 122 Å². The fraction of sp³-hybridized carbons (Fsp3) is 0.188. The highest BCUT2D eigenvalue weighted by molar-refractivity contribution is 5.92. The maximum absolute atomic E-state index is 13.5. The predicted octanol–water partition coefficient (Wildman–Crippen LogP) is 3.02. The van der Waals surface area contributed by atoms with Crippen LogP contribution in [-0.4, -0.2) is 20.1 Å². The predicted molar refractivity (Wildman–Crippen MR) is 78.3 cm³/mol. The number of para-hydroxylation sites is 1. The second kappa shape index (κ2) is 6.74. The van der Waals surface area contributed by atoms with Gasteiger partial charge >= 0.3 is 0 Å². The smallest absolute Gasteiger partial charge is 0.229 e. The summed E-state index contributed by atoms with van der Waals surface area (Å²) in [6.45, 7) is 0. The van der Waals surface area contributed by atoms with E-state index in [1.165, 1.54) is 19.2 Å². The first-order valence-electron chi connectivity index (χ1n) is 6.39. The summed E-state index contributed by atoms with van der Waals surface area (Å²) in [7, 11) is 3.08. The molecule has 0 aliphatic carbocycles. The molecule has 21 heavy (non-hydrogen) atoms. The number of carbonyl (C=O) groups excluding carboxylic acids is 1. The van der Waals surface area contributed by atoms with Crippen LogP contribution in [-0.2, 0) is 11.2 Å². The van der Waals surface area contributed by atoms with Gasteiger partial charge in [0.25, 0.3) is 0 Å². The van der Waals surface area contributed by atoms with Crippen LogP contribution < -0.4 is 14.8 Å². The summed E-state index contributed by atoms with van der Waals surface area (Å²) in [5.41, 5.74) is 0.863. The number of amides is 1. The lowest BCUT2D eigenvalue weighted by Gasteiger charge is -2.11. The van der Waals surface area contributed by atoms with Crippen molar-refractivity contribution in [3.63, 3.8) is 0 Å². The minimum atomic E-state index is -0.465. The molecular formula is C16H16FNO3. The van der Waals surface area contributed by atoms with Crippen molar-refractivity contribution in [1.29, 1.82) is 0 Å². The number of hydrogen-bond acceptors (Lipinski definition) is 3. The van der Waals surface area contributed by atoms with Gasteiger partial charge in [0.05, 0.1) is 26.3 Å². The van der Waals surface area contributed by atoms with E-state index >= 15 is 0 Å². The Morgan fingerprint density at radius 3 is 2.57 bits per heavy atom. The van der Waals surface area contributed by atoms with Gasteiger partial charge in [0.1, 0.15) is 17.3 Å². The summed E-state index contributed by atoms with van der Waals surface area (Å²) < 4.78 is 23.8. The number of benzene rings is 2. The van der Waals surface area contributed by atoms with Crippen LogP contribution in [0.15, 0.2) is 42.5 Å². The van der Waals surface area contributed by atoms with Gasteiger partial charge in [-0.2, -0.15) is 0 Å². The summed E-state index contributed by atoms with van der Waals surface area (Å²) >= 11 is 0. The van der Waals surface area contributed by atoms with Crippen LogP contribution in [0.25, 0.3) is 0 Å². The molecule has 0 aliphatic rings. The molecule has 0 radical (unpaired) electrons. The Morgan fingerprint density at radius 1 is 1.14 bits per heavy atom. The first-order valence-corrected chi connectivity index (χ1v) is 6.39. The SMILES string of the molecule is COc1ccc(CC(=O)Nc2ccccc2F)c(OC)c1. The molecule has 1 amide bonds. The normalized spacial score (nSPS) is 10.0. The van der Waals surface area contributed by atoms with E-state index in [0.717, 1.165) is 0 Å². The number of methoxy groups -OCH3 is 2. The molecule has 0 unspecified atom stereocenters. The van der Waals surface area contributed by atoms with Gasteiger partial charge in [0.15, 0.2) is 0 Å². The number of ether oxygens (including phenoxy) is 2. The van der Waals surface area contributed by atoms with E-state index in [0.29, 0.717) is 17.1 Å². The van der Waals surface area contributed by atoms with E-state index in [-0.39, 0.29) is 18.0 Å². The highest BCUT2D eigenvalue weighted by atomic mass is 19.1. The van der Waals surface area contributed by atoms with Crippen LogP contribution in [0.1, 0.15) is 5.56 Å². The van der Waals surface area contributed by atoms with E-state index in [4.69, 9.17) is 9.47 Å². The number of hydrogen-bond donors (Lipinski definition) is 1. The number of halogens is 1. The first kappa shape index (κ1) is 14.8. The van der Waals surface area contributed by atoms with Crippen LogP contribution in [0.5, 0.6) is 11.5 Å². The van der Waals surface area contributed by atoms with E-state index < -0.39 is 5.82 Å². The number of anilines is 1. The summed E-state index contributed by atoms with van der Waals surface area (Å²) in [6, 6.07) is 11.2. The first-order chi connectivity index (χ1) is 10.1. The average Bonchev–Trinajstić information content (AvgIpc) is 2.50. The van der Waals surface area contributed by atoms with E-state index in [1.54, 1.807) is 37.4 Å². The highest BCUT2D eigenvalue weighted by Gasteiger charge is 2.11. The Balaban J connectivity index is 2.11. The molecule has 0 atom stereocenters. The van der Waals surface area contributed by atoms with Crippen molar-refractivity contribution >= 4 is 11.6 Å². The van der Waals surface area contributed by atoms with Crippen molar-refractivity contribution in [3.05, 3.63) is 53.8 Å². The van der Waals surface area contributed by atoms with Crippen molar-refractivity contribution < 1.29 is 18.7 Å². The topological polar surface area (TPSA) is 47.6 Å². The van der Waals surface area contributed by atoms with Gasteiger partial charge in [-0.3, -0.25) is 4.79 Å². The van der Waals surface area contributed by atoms with Crippen LogP contribution >= 0.6 is 0 Å². The molecule has 0 fully saturated rings. The summed E-state index contributed by atoms with van der Waals surface area (Å²) in [4.78, 5) is 12.0. The number of carbonyl (C=O) groups is 1. The van der Waals surface area contributed by atoms with Gasteiger partial charge in [-0.1, -0.05) is 18.2 Å². The highest BCUT2D eigenvalue weighted by Crippen LogP contribution is 2.25. The molecule has 1 N–H and O–H groups in total. The maximum atomic E-state index is 13.5. The van der Waals surface area contributed by atoms with Crippen LogP contribution in [0.2, 0.25) is 0 Å². The molecule has 110 valence electrons. The number of rotatable bonds is 5. The van der Waals surface area contributed by atoms with Gasteiger partial charge < -0.3 is 14.8 Å². The van der Waals surface area contributed by atoms with Crippen molar-refractivity contribution in [2.75, 3.05) is 19.5 Å². The van der Waals surface area contributed by atoms with Crippen LogP contribution in [0.3, 0.4) is 0 Å². The van der Waals surface area contributed by atoms with Crippen molar-refractivity contribution in [2.24, 2.45) is 0 Å². The van der Waals surface area contributed by atoms with Crippen molar-refractivity contribution in [1.82, 2.24) is 0 Å². The lowest BCUT2D eigenvalue weighted by molar-refractivity contribution is -0.115. The van der Waals surface area contributed by atoms with Gasteiger partial charge in [-0.15, -0.1) is 0 Å². The maximum Gasteiger partial charge on any atom is 0.229 e. The zero-order valence-corrected chi connectivity index (χ0v) is 11.9. The molecular weight excluding hydrogens is 273 g/mol. The third-order valence-corrected chi connectivity index (χ3v) is 2.99. The molecule has 0 saturated carbocycles. The van der Waals surface area contributed by atoms with Gasteiger partial charge in [0, 0.05) is 11.6 Å². The molecule has 0 heterocycles. The van der Waals surface area contributed by atoms with Gasteiger partial charge in [-0.05, 0) is 18.2 Å². The number of nitrogens with one attached hydrogen (secondary N) is 1. The average molecular weight is 289 g/mol. The van der Waals surface area contributed by atoms with Gasteiger partial charge in [-0.25, -0.2) is 4.39 Å². The summed E-state index contributed by atoms with van der Waals surface area (Å²) in [5.74, 6) is 0.416. The zero-order chi connectivity index (χ0) is 15.2. The van der Waals surface area contributed by atoms with Crippen molar-refractivity contribution in [2.45, 2.75) is 6.42 Å². The molecule has 0 saturated heterocycles. The lowest BCUT2D eigenvalue weighted by atomic mass is 10.1. The Kier molecular flexibility index (Phi) is 4.77. The van der Waals surface area contributed by atoms with Gasteiger partial charge in [0.2, 0.25) is 5.91 Å².